The number of hydrogen-bond donors (Lipinski definition) is 1. The van der Waals surface area contributed by atoms with E-state index in [2.05, 4.69) is 11.9 Å². The van der Waals surface area contributed by atoms with Gasteiger partial charge in [-0.05, 0) is 24.5 Å². The number of carbonyl (C=O) groups is 3. The van der Waals surface area contributed by atoms with Crippen LogP contribution >= 0.6 is 11.8 Å². The van der Waals surface area contributed by atoms with Crippen LogP contribution in [0.4, 0.5) is 5.69 Å². The summed E-state index contributed by atoms with van der Waals surface area (Å²) in [7, 11) is 1.52. The van der Waals surface area contributed by atoms with Gasteiger partial charge in [0.25, 0.3) is 5.91 Å². The van der Waals surface area contributed by atoms with E-state index in [1.54, 1.807) is 22.7 Å². The molecule has 3 aliphatic rings. The largest absolute Gasteiger partial charge is 0.306 e. The van der Waals surface area contributed by atoms with Gasteiger partial charge < -0.3 is 4.90 Å². The molecule has 0 aromatic heterocycles. The molecule has 6 nitrogen and oxygen atoms in total. The number of thioether (sulfide) groups is 1. The van der Waals surface area contributed by atoms with Gasteiger partial charge in [0.05, 0.1) is 11.8 Å². The molecule has 4 atom stereocenters. The molecular formula is C20H23N3O3S. The normalized spacial score (nSPS) is 31.8. The summed E-state index contributed by atoms with van der Waals surface area (Å²) in [5.74, 6) is -0.975. The Morgan fingerprint density at radius 2 is 2.00 bits per heavy atom. The Kier molecular flexibility index (Phi) is 4.39. The predicted octanol–water partition coefficient (Wildman–Crippen LogP) is 1.37. The fourth-order valence-electron chi connectivity index (χ4n) is 4.89. The molecular weight excluding hydrogens is 362 g/mol. The van der Waals surface area contributed by atoms with E-state index in [0.717, 1.165) is 23.4 Å². The fourth-order valence-corrected chi connectivity index (χ4v) is 5.38. The first-order valence-corrected chi connectivity index (χ1v) is 10.5. The first-order valence-electron chi connectivity index (χ1n) is 9.09. The van der Waals surface area contributed by atoms with Gasteiger partial charge in [-0.25, -0.2) is 0 Å². The third-order valence-electron chi connectivity index (χ3n) is 6.03. The van der Waals surface area contributed by atoms with Crippen LogP contribution in [0.3, 0.4) is 0 Å². The molecule has 3 amide bonds. The van der Waals surface area contributed by atoms with Gasteiger partial charge in [-0.1, -0.05) is 24.3 Å². The highest BCUT2D eigenvalue weighted by Crippen LogP contribution is 2.54. The number of nitrogens with zero attached hydrogens (tertiary/aromatic N) is 2. The molecule has 0 radical (unpaired) electrons. The minimum absolute atomic E-state index is 0.165. The average molecular weight is 385 g/mol. The number of carbonyl (C=O) groups excluding carboxylic acids is 3. The van der Waals surface area contributed by atoms with Gasteiger partial charge in [0, 0.05) is 30.9 Å². The SMILES string of the molecule is C=CCN1C(=O)[C@@]2(N[C@@H](CCSC)[C@H]3C(=O)N(C)C(=O)[C@@H]32)c2ccccc21. The van der Waals surface area contributed by atoms with Crippen LogP contribution in [0.1, 0.15) is 12.0 Å². The number of imide groups is 1. The van der Waals surface area contributed by atoms with Gasteiger partial charge in [-0.2, -0.15) is 11.8 Å². The quantitative estimate of drug-likeness (QED) is 0.612. The Morgan fingerprint density at radius 1 is 1.26 bits per heavy atom. The zero-order valence-electron chi connectivity index (χ0n) is 15.5. The molecule has 27 heavy (non-hydrogen) atoms. The van der Waals surface area contributed by atoms with Crippen LogP contribution in [-0.4, -0.2) is 54.3 Å². The van der Waals surface area contributed by atoms with Gasteiger partial charge in [0.1, 0.15) is 5.54 Å². The molecule has 3 heterocycles. The zero-order valence-corrected chi connectivity index (χ0v) is 16.3. The standard InChI is InChI=1S/C20H23N3O3S/c1-4-10-23-14-8-6-5-7-12(14)20(19(23)26)16-15(13(21-20)9-11-27-3)17(24)22(2)18(16)25/h4-8,13,15-16,21H,1,9-11H2,2-3H3/t13-,15+,16+,20+/m0/s1. The van der Waals surface area contributed by atoms with Crippen molar-refractivity contribution in [1.82, 2.24) is 10.2 Å². The van der Waals surface area contributed by atoms with E-state index >= 15 is 0 Å². The Balaban J connectivity index is 1.88. The minimum Gasteiger partial charge on any atom is -0.306 e. The number of fused-ring (bicyclic) bond motifs is 4. The smallest absolute Gasteiger partial charge is 0.253 e. The van der Waals surface area contributed by atoms with Crippen LogP contribution in [0.2, 0.25) is 0 Å². The number of nitrogens with one attached hydrogen (secondary N) is 1. The third kappa shape index (κ3) is 2.28. The highest BCUT2D eigenvalue weighted by molar-refractivity contribution is 7.98. The zero-order chi connectivity index (χ0) is 19.3. The van der Waals surface area contributed by atoms with E-state index in [-0.39, 0.29) is 23.8 Å². The fraction of sp³-hybridized carbons (Fsp3) is 0.450. The molecule has 2 saturated heterocycles. The van der Waals surface area contributed by atoms with Gasteiger partial charge in [0.2, 0.25) is 11.8 Å². The Hall–Kier alpha value is -2.12. The highest BCUT2D eigenvalue weighted by Gasteiger charge is 2.70. The van der Waals surface area contributed by atoms with Gasteiger partial charge in [0.15, 0.2) is 0 Å². The number of para-hydroxylation sites is 1. The third-order valence-corrected chi connectivity index (χ3v) is 6.68. The number of amides is 3. The van der Waals surface area contributed by atoms with Gasteiger partial charge >= 0.3 is 0 Å². The molecule has 0 aliphatic carbocycles. The van der Waals surface area contributed by atoms with Crippen molar-refractivity contribution in [3.63, 3.8) is 0 Å². The van der Waals surface area contributed by atoms with Crippen molar-refractivity contribution in [2.45, 2.75) is 18.0 Å². The van der Waals surface area contributed by atoms with Crippen LogP contribution in [-0.2, 0) is 19.9 Å². The second-order valence-electron chi connectivity index (χ2n) is 7.30. The van der Waals surface area contributed by atoms with Crippen molar-refractivity contribution >= 4 is 35.2 Å². The number of hydrogen-bond acceptors (Lipinski definition) is 5. The summed E-state index contributed by atoms with van der Waals surface area (Å²) in [5, 5.41) is 3.47. The average Bonchev–Trinajstić information content (AvgIpc) is 3.22. The van der Waals surface area contributed by atoms with Crippen molar-refractivity contribution in [2.75, 3.05) is 30.5 Å². The van der Waals surface area contributed by atoms with Crippen LogP contribution in [0, 0.1) is 11.8 Å². The summed E-state index contributed by atoms with van der Waals surface area (Å²) >= 11 is 1.69. The summed E-state index contributed by atoms with van der Waals surface area (Å²) in [6.45, 7) is 4.13. The molecule has 142 valence electrons. The number of anilines is 1. The lowest BCUT2D eigenvalue weighted by molar-refractivity contribution is -0.141. The summed E-state index contributed by atoms with van der Waals surface area (Å²) in [5.41, 5.74) is 0.397. The number of benzene rings is 1. The lowest BCUT2D eigenvalue weighted by Crippen LogP contribution is -2.55. The molecule has 2 fully saturated rings. The van der Waals surface area contributed by atoms with E-state index in [4.69, 9.17) is 0 Å². The molecule has 7 heteroatoms. The van der Waals surface area contributed by atoms with E-state index in [1.807, 2.05) is 30.5 Å². The maximum absolute atomic E-state index is 13.6. The summed E-state index contributed by atoms with van der Waals surface area (Å²) in [4.78, 5) is 42.4. The Labute approximate surface area is 163 Å². The molecule has 0 bridgehead atoms. The lowest BCUT2D eigenvalue weighted by Gasteiger charge is -2.30. The minimum atomic E-state index is -1.18. The Morgan fingerprint density at radius 3 is 2.70 bits per heavy atom. The summed E-state index contributed by atoms with van der Waals surface area (Å²) < 4.78 is 0. The van der Waals surface area contributed by atoms with E-state index in [9.17, 15) is 14.4 Å². The van der Waals surface area contributed by atoms with E-state index in [1.165, 1.54) is 11.9 Å². The molecule has 3 aliphatic heterocycles. The molecule has 0 unspecified atom stereocenters. The van der Waals surface area contributed by atoms with Crippen LogP contribution in [0.5, 0.6) is 0 Å². The van der Waals surface area contributed by atoms with E-state index in [0.29, 0.717) is 6.54 Å². The van der Waals surface area contributed by atoms with Crippen LogP contribution in [0.25, 0.3) is 0 Å². The van der Waals surface area contributed by atoms with Crippen molar-refractivity contribution < 1.29 is 14.4 Å². The molecule has 1 N–H and O–H groups in total. The topological polar surface area (TPSA) is 69.7 Å². The van der Waals surface area contributed by atoms with Crippen LogP contribution in [0.15, 0.2) is 36.9 Å². The first kappa shape index (κ1) is 18.3. The summed E-state index contributed by atoms with van der Waals surface area (Å²) in [6, 6.07) is 7.34. The molecule has 1 spiro atoms. The predicted molar refractivity (Wildman–Crippen MR) is 105 cm³/mol. The van der Waals surface area contributed by atoms with Gasteiger partial charge in [-0.3, -0.25) is 24.6 Å². The summed E-state index contributed by atoms with van der Waals surface area (Å²) in [6.07, 6.45) is 4.42. The van der Waals surface area contributed by atoms with Crippen molar-refractivity contribution in [3.8, 4) is 0 Å². The molecule has 0 saturated carbocycles. The second kappa shape index (κ2) is 6.49. The molecule has 4 rings (SSSR count). The lowest BCUT2D eigenvalue weighted by atomic mass is 9.76. The van der Waals surface area contributed by atoms with E-state index < -0.39 is 17.4 Å². The van der Waals surface area contributed by atoms with Crippen LogP contribution < -0.4 is 10.2 Å². The first-order chi connectivity index (χ1) is 13.0. The van der Waals surface area contributed by atoms with Crippen molar-refractivity contribution in [3.05, 3.63) is 42.5 Å². The van der Waals surface area contributed by atoms with Crippen molar-refractivity contribution in [2.24, 2.45) is 11.8 Å². The maximum Gasteiger partial charge on any atom is 0.253 e. The molecule has 1 aromatic rings. The Bertz CT molecular complexity index is 842. The second-order valence-corrected chi connectivity index (χ2v) is 8.29. The van der Waals surface area contributed by atoms with Gasteiger partial charge in [-0.15, -0.1) is 6.58 Å². The number of rotatable bonds is 5. The monoisotopic (exact) mass is 385 g/mol. The maximum atomic E-state index is 13.6. The molecule has 1 aromatic carbocycles. The highest BCUT2D eigenvalue weighted by atomic mass is 32.2. The number of likely N-dealkylation sites (tertiary alicyclic amines) is 1. The van der Waals surface area contributed by atoms with Crippen molar-refractivity contribution in [1.29, 1.82) is 0 Å².